The Morgan fingerprint density at radius 1 is 1.48 bits per heavy atom. The van der Waals surface area contributed by atoms with Gasteiger partial charge in [-0.3, -0.25) is 9.69 Å². The van der Waals surface area contributed by atoms with Gasteiger partial charge in [0, 0.05) is 29.6 Å². The van der Waals surface area contributed by atoms with E-state index in [9.17, 15) is 13.2 Å². The second kappa shape index (κ2) is 5.04. The first-order valence-electron chi connectivity index (χ1n) is 6.14. The molecular weight excluding hydrogens is 362 g/mol. The topological polar surface area (TPSA) is 111 Å². The van der Waals surface area contributed by atoms with E-state index in [-0.39, 0.29) is 36.5 Å². The minimum Gasteiger partial charge on any atom is -0.279 e. The molecule has 0 saturated carbocycles. The Morgan fingerprint density at radius 3 is 2.95 bits per heavy atom. The maximum atomic E-state index is 12.0. The van der Waals surface area contributed by atoms with Gasteiger partial charge < -0.3 is 0 Å². The van der Waals surface area contributed by atoms with E-state index in [0.717, 1.165) is 4.47 Å². The number of nitrogens with two attached hydrogens (primary N) is 1. The fourth-order valence-electron chi connectivity index (χ4n) is 2.37. The highest BCUT2D eigenvalue weighted by atomic mass is 79.9. The number of amides is 1. The Hall–Kier alpha value is -1.52. The summed E-state index contributed by atoms with van der Waals surface area (Å²) in [6, 6.07) is 3.58. The van der Waals surface area contributed by atoms with Crippen molar-refractivity contribution < 1.29 is 13.2 Å². The van der Waals surface area contributed by atoms with Gasteiger partial charge in [0.2, 0.25) is 15.9 Å². The summed E-state index contributed by atoms with van der Waals surface area (Å²) in [5.74, 6) is -0.465. The van der Waals surface area contributed by atoms with Crippen molar-refractivity contribution in [1.82, 2.24) is 14.6 Å². The van der Waals surface area contributed by atoms with Crippen LogP contribution in [0.5, 0.6) is 0 Å². The van der Waals surface area contributed by atoms with Crippen molar-refractivity contribution in [1.29, 1.82) is 0 Å². The largest absolute Gasteiger partial charge is 0.279 e. The molecule has 0 aliphatic carbocycles. The third-order valence-electron chi connectivity index (χ3n) is 3.20. The molecule has 10 heteroatoms. The first kappa shape index (κ1) is 14.4. The highest BCUT2D eigenvalue weighted by Crippen LogP contribution is 2.24. The maximum Gasteiger partial charge on any atom is 0.252 e. The van der Waals surface area contributed by atoms with E-state index in [0.29, 0.717) is 5.65 Å². The Balaban J connectivity index is 1.87. The van der Waals surface area contributed by atoms with Crippen LogP contribution in [0.4, 0.5) is 5.95 Å². The van der Waals surface area contributed by atoms with Gasteiger partial charge >= 0.3 is 0 Å². The van der Waals surface area contributed by atoms with E-state index in [2.05, 4.69) is 26.0 Å². The zero-order chi connectivity index (χ0) is 15.2. The molecule has 8 nitrogen and oxygen atoms in total. The third-order valence-corrected chi connectivity index (χ3v) is 4.63. The van der Waals surface area contributed by atoms with Crippen molar-refractivity contribution in [3.05, 3.63) is 22.8 Å². The van der Waals surface area contributed by atoms with Gasteiger partial charge in [0.05, 0.1) is 5.75 Å². The van der Waals surface area contributed by atoms with Gasteiger partial charge in [-0.05, 0) is 12.1 Å². The molecule has 1 aliphatic rings. The van der Waals surface area contributed by atoms with Gasteiger partial charge in [-0.1, -0.05) is 15.9 Å². The molecule has 1 saturated heterocycles. The molecule has 0 bridgehead atoms. The fourth-order valence-corrected chi connectivity index (χ4v) is 3.58. The van der Waals surface area contributed by atoms with Crippen molar-refractivity contribution in [3.8, 4) is 0 Å². The number of hydrogen-bond donors (Lipinski definition) is 1. The molecular formula is C11H12BrN5O3S. The summed E-state index contributed by atoms with van der Waals surface area (Å²) in [4.78, 5) is 17.7. The number of rotatable bonds is 3. The van der Waals surface area contributed by atoms with Crippen LogP contribution in [-0.2, 0) is 14.8 Å². The number of hydrogen-bond acceptors (Lipinski definition) is 5. The molecule has 3 rings (SSSR count). The molecule has 0 radical (unpaired) electrons. The van der Waals surface area contributed by atoms with Crippen molar-refractivity contribution >= 4 is 43.5 Å². The number of pyridine rings is 1. The van der Waals surface area contributed by atoms with Gasteiger partial charge in [-0.2, -0.15) is 4.98 Å². The van der Waals surface area contributed by atoms with Gasteiger partial charge in [0.15, 0.2) is 5.65 Å². The van der Waals surface area contributed by atoms with Crippen LogP contribution in [0, 0.1) is 5.92 Å². The van der Waals surface area contributed by atoms with Crippen LogP contribution in [-0.4, -0.2) is 41.2 Å². The van der Waals surface area contributed by atoms with Gasteiger partial charge in [0.1, 0.15) is 0 Å². The average Bonchev–Trinajstić information content (AvgIpc) is 2.89. The molecule has 1 fully saturated rings. The van der Waals surface area contributed by atoms with E-state index in [1.54, 1.807) is 22.8 Å². The van der Waals surface area contributed by atoms with Crippen molar-refractivity contribution in [2.75, 3.05) is 17.2 Å². The molecule has 1 aliphatic heterocycles. The molecule has 2 aromatic heterocycles. The standard InChI is InChI=1S/C11H12BrN5O3S/c12-8-1-2-17-9(4-8)14-11(15-17)16-5-7(3-10(16)18)6-21(13,19)20/h1-2,4,7H,3,5-6H2,(H2,13,19,20). The number of aromatic nitrogens is 3. The number of sulfonamides is 1. The van der Waals surface area contributed by atoms with Gasteiger partial charge in [-0.25, -0.2) is 18.1 Å². The first-order valence-corrected chi connectivity index (χ1v) is 8.65. The van der Waals surface area contributed by atoms with Crippen LogP contribution >= 0.6 is 15.9 Å². The summed E-state index contributed by atoms with van der Waals surface area (Å²) >= 11 is 3.34. The maximum absolute atomic E-state index is 12.0. The summed E-state index contributed by atoms with van der Waals surface area (Å²) < 4.78 is 24.7. The van der Waals surface area contributed by atoms with Crippen LogP contribution in [0.1, 0.15) is 6.42 Å². The van der Waals surface area contributed by atoms with Gasteiger partial charge in [0.25, 0.3) is 5.95 Å². The second-order valence-electron chi connectivity index (χ2n) is 4.96. The van der Waals surface area contributed by atoms with Crippen LogP contribution < -0.4 is 10.0 Å². The van der Waals surface area contributed by atoms with Gasteiger partial charge in [-0.15, -0.1) is 5.10 Å². The number of fused-ring (bicyclic) bond motifs is 1. The zero-order valence-corrected chi connectivity index (χ0v) is 13.2. The minimum atomic E-state index is -3.60. The van der Waals surface area contributed by atoms with E-state index >= 15 is 0 Å². The van der Waals surface area contributed by atoms with E-state index in [4.69, 9.17) is 5.14 Å². The summed E-state index contributed by atoms with van der Waals surface area (Å²) in [6.07, 6.45) is 1.86. The van der Waals surface area contributed by atoms with Crippen LogP contribution in [0.2, 0.25) is 0 Å². The SMILES string of the molecule is NS(=O)(=O)CC1CC(=O)N(c2nc3cc(Br)ccn3n2)C1. The molecule has 2 aromatic rings. The lowest BCUT2D eigenvalue weighted by molar-refractivity contribution is -0.117. The lowest BCUT2D eigenvalue weighted by Gasteiger charge is -2.11. The predicted molar refractivity (Wildman–Crippen MR) is 79.1 cm³/mol. The number of anilines is 1. The highest BCUT2D eigenvalue weighted by molar-refractivity contribution is 9.10. The Morgan fingerprint density at radius 2 is 2.24 bits per heavy atom. The Bertz CT molecular complexity index is 818. The van der Waals surface area contributed by atoms with Crippen molar-refractivity contribution in [2.45, 2.75) is 6.42 Å². The normalized spacial score (nSPS) is 19.6. The smallest absolute Gasteiger partial charge is 0.252 e. The number of carbonyl (C=O) groups excluding carboxylic acids is 1. The summed E-state index contributed by atoms with van der Waals surface area (Å²) in [6.45, 7) is 0.257. The molecule has 1 atom stereocenters. The third kappa shape index (κ3) is 3.06. The molecule has 0 aromatic carbocycles. The summed E-state index contributed by atoms with van der Waals surface area (Å²) in [7, 11) is -3.60. The van der Waals surface area contributed by atoms with E-state index < -0.39 is 10.0 Å². The van der Waals surface area contributed by atoms with E-state index in [1.165, 1.54) is 4.90 Å². The Kier molecular flexibility index (Phi) is 3.46. The average molecular weight is 374 g/mol. The fraction of sp³-hybridized carbons (Fsp3) is 0.364. The van der Waals surface area contributed by atoms with Crippen molar-refractivity contribution in [2.24, 2.45) is 11.1 Å². The minimum absolute atomic E-state index is 0.135. The lowest BCUT2D eigenvalue weighted by Crippen LogP contribution is -2.28. The van der Waals surface area contributed by atoms with Crippen LogP contribution in [0.3, 0.4) is 0 Å². The highest BCUT2D eigenvalue weighted by Gasteiger charge is 2.34. The monoisotopic (exact) mass is 373 g/mol. The number of halogens is 1. The van der Waals surface area contributed by atoms with Crippen molar-refractivity contribution in [3.63, 3.8) is 0 Å². The summed E-state index contributed by atoms with van der Waals surface area (Å²) in [5, 5.41) is 9.25. The molecule has 1 unspecified atom stereocenters. The molecule has 0 spiro atoms. The predicted octanol–water partition coefficient (Wildman–Crippen LogP) is 0.133. The number of carbonyl (C=O) groups is 1. The summed E-state index contributed by atoms with van der Waals surface area (Å²) in [5.41, 5.74) is 0.599. The van der Waals surface area contributed by atoms with Crippen LogP contribution in [0.15, 0.2) is 22.8 Å². The first-order chi connectivity index (χ1) is 9.82. The number of nitrogens with zero attached hydrogens (tertiary/aromatic N) is 4. The molecule has 2 N–H and O–H groups in total. The molecule has 3 heterocycles. The second-order valence-corrected chi connectivity index (χ2v) is 7.54. The van der Waals surface area contributed by atoms with Crippen LogP contribution in [0.25, 0.3) is 5.65 Å². The Labute approximate surface area is 129 Å². The van der Waals surface area contributed by atoms with E-state index in [1.807, 2.05) is 0 Å². The lowest BCUT2D eigenvalue weighted by atomic mass is 10.1. The zero-order valence-electron chi connectivity index (χ0n) is 10.8. The molecule has 1 amide bonds. The molecule has 21 heavy (non-hydrogen) atoms. The molecule has 112 valence electrons. The quantitative estimate of drug-likeness (QED) is 0.821. The number of primary sulfonamides is 1.